The number of halogens is 1. The van der Waals surface area contributed by atoms with Crippen molar-refractivity contribution in [1.29, 1.82) is 0 Å². The first-order valence-corrected chi connectivity index (χ1v) is 8.50. The smallest absolute Gasteiger partial charge is 0.191 e. The van der Waals surface area contributed by atoms with Crippen molar-refractivity contribution in [2.24, 2.45) is 4.99 Å². The van der Waals surface area contributed by atoms with Crippen molar-refractivity contribution in [2.45, 2.75) is 19.6 Å². The Kier molecular flexibility index (Phi) is 10.5. The van der Waals surface area contributed by atoms with Crippen LogP contribution in [0.5, 0.6) is 11.5 Å². The van der Waals surface area contributed by atoms with E-state index < -0.39 is 6.10 Å². The number of guanidine groups is 1. The van der Waals surface area contributed by atoms with E-state index in [1.54, 1.807) is 32.5 Å². The molecule has 0 radical (unpaired) electrons. The highest BCUT2D eigenvalue weighted by molar-refractivity contribution is 14.0. The summed E-state index contributed by atoms with van der Waals surface area (Å²) in [5.74, 6) is 1.83. The summed E-state index contributed by atoms with van der Waals surface area (Å²) < 4.78 is 10.5. The molecule has 0 saturated heterocycles. The van der Waals surface area contributed by atoms with Gasteiger partial charge in [0.05, 0.1) is 32.6 Å². The Balaban J connectivity index is 0.00000364. The number of hydrogen-bond acceptors (Lipinski definition) is 5. The zero-order valence-corrected chi connectivity index (χ0v) is 18.1. The highest BCUT2D eigenvalue weighted by Gasteiger charge is 2.12. The van der Waals surface area contributed by atoms with Crippen LogP contribution in [0.3, 0.4) is 0 Å². The summed E-state index contributed by atoms with van der Waals surface area (Å²) in [5, 5.41) is 16.8. The van der Waals surface area contributed by atoms with Gasteiger partial charge in [0, 0.05) is 19.3 Å². The fourth-order valence-corrected chi connectivity index (χ4v) is 2.36. The third-order valence-electron chi connectivity index (χ3n) is 3.72. The molecule has 3 N–H and O–H groups in total. The first-order valence-electron chi connectivity index (χ1n) is 8.50. The number of benzene rings is 1. The lowest BCUT2D eigenvalue weighted by Gasteiger charge is -2.17. The van der Waals surface area contributed by atoms with Crippen molar-refractivity contribution in [3.63, 3.8) is 0 Å². The quantitative estimate of drug-likeness (QED) is 0.302. The van der Waals surface area contributed by atoms with E-state index in [1.165, 1.54) is 0 Å². The molecule has 148 valence electrons. The van der Waals surface area contributed by atoms with Gasteiger partial charge in [-0.15, -0.1) is 24.0 Å². The number of nitrogens with zero attached hydrogens (tertiary/aromatic N) is 2. The molecule has 0 aliphatic carbocycles. The van der Waals surface area contributed by atoms with Crippen molar-refractivity contribution in [3.05, 3.63) is 53.9 Å². The van der Waals surface area contributed by atoms with Crippen LogP contribution in [0.4, 0.5) is 0 Å². The fraction of sp³-hybridized carbons (Fsp3) is 0.368. The Labute approximate surface area is 177 Å². The molecule has 1 aromatic heterocycles. The van der Waals surface area contributed by atoms with Gasteiger partial charge in [-0.3, -0.25) is 4.98 Å². The maximum absolute atomic E-state index is 10.5. The Morgan fingerprint density at radius 3 is 2.56 bits per heavy atom. The van der Waals surface area contributed by atoms with E-state index in [-0.39, 0.29) is 24.0 Å². The Morgan fingerprint density at radius 1 is 1.15 bits per heavy atom. The van der Waals surface area contributed by atoms with E-state index in [4.69, 9.17) is 9.47 Å². The number of aliphatic hydroxyl groups excluding tert-OH is 1. The lowest BCUT2D eigenvalue weighted by atomic mass is 10.1. The summed E-state index contributed by atoms with van der Waals surface area (Å²) in [5.41, 5.74) is 1.61. The molecule has 8 heteroatoms. The molecular formula is C19H27IN4O3. The van der Waals surface area contributed by atoms with Gasteiger partial charge in [0.25, 0.3) is 0 Å². The molecule has 1 unspecified atom stereocenters. The topological polar surface area (TPSA) is 88.0 Å². The molecule has 0 spiro atoms. The van der Waals surface area contributed by atoms with Gasteiger partial charge >= 0.3 is 0 Å². The van der Waals surface area contributed by atoms with Crippen LogP contribution in [0.1, 0.15) is 24.3 Å². The molecule has 2 aromatic rings. The number of nitrogens with one attached hydrogen (secondary N) is 2. The van der Waals surface area contributed by atoms with E-state index in [0.717, 1.165) is 17.8 Å². The zero-order chi connectivity index (χ0) is 18.8. The summed E-state index contributed by atoms with van der Waals surface area (Å²) in [6.07, 6.45) is 1.03. The van der Waals surface area contributed by atoms with E-state index in [9.17, 15) is 5.11 Å². The van der Waals surface area contributed by atoms with Crippen LogP contribution in [0.15, 0.2) is 47.6 Å². The van der Waals surface area contributed by atoms with Gasteiger partial charge in [-0.1, -0.05) is 12.1 Å². The average molecular weight is 486 g/mol. The maximum atomic E-state index is 10.5. The zero-order valence-electron chi connectivity index (χ0n) is 15.8. The van der Waals surface area contributed by atoms with Gasteiger partial charge in [0.2, 0.25) is 0 Å². The van der Waals surface area contributed by atoms with Gasteiger partial charge in [-0.25, -0.2) is 4.99 Å². The first-order chi connectivity index (χ1) is 12.7. The molecule has 27 heavy (non-hydrogen) atoms. The van der Waals surface area contributed by atoms with Crippen LogP contribution < -0.4 is 20.1 Å². The number of aliphatic imine (C=N–C) groups is 1. The van der Waals surface area contributed by atoms with E-state index in [2.05, 4.69) is 20.6 Å². The Bertz CT molecular complexity index is 713. The number of aromatic nitrogens is 1. The van der Waals surface area contributed by atoms with Gasteiger partial charge in [0.15, 0.2) is 17.5 Å². The van der Waals surface area contributed by atoms with Crippen molar-refractivity contribution in [3.8, 4) is 11.5 Å². The summed E-state index contributed by atoms with van der Waals surface area (Å²) >= 11 is 0. The van der Waals surface area contributed by atoms with Gasteiger partial charge in [-0.2, -0.15) is 0 Å². The largest absolute Gasteiger partial charge is 0.493 e. The van der Waals surface area contributed by atoms with Gasteiger partial charge < -0.3 is 25.2 Å². The molecule has 0 aliphatic heterocycles. The summed E-state index contributed by atoms with van der Waals surface area (Å²) in [4.78, 5) is 8.74. The Morgan fingerprint density at radius 2 is 1.93 bits per heavy atom. The molecule has 0 saturated carbocycles. The van der Waals surface area contributed by atoms with Crippen LogP contribution in [-0.2, 0) is 6.54 Å². The minimum Gasteiger partial charge on any atom is -0.493 e. The molecule has 0 fully saturated rings. The van der Waals surface area contributed by atoms with E-state index >= 15 is 0 Å². The van der Waals surface area contributed by atoms with E-state index in [0.29, 0.717) is 30.5 Å². The van der Waals surface area contributed by atoms with Crippen LogP contribution in [0.2, 0.25) is 0 Å². The highest BCUT2D eigenvalue weighted by atomic mass is 127. The number of ether oxygens (including phenoxy) is 2. The van der Waals surface area contributed by atoms with Crippen LogP contribution in [0, 0.1) is 0 Å². The predicted octanol–water partition coefficient (Wildman–Crippen LogP) is 2.51. The number of methoxy groups -OCH3 is 2. The molecular weight excluding hydrogens is 459 g/mol. The molecule has 0 aliphatic rings. The van der Waals surface area contributed by atoms with Crippen LogP contribution in [0.25, 0.3) is 0 Å². The van der Waals surface area contributed by atoms with Crippen molar-refractivity contribution < 1.29 is 14.6 Å². The number of rotatable bonds is 8. The standard InChI is InChI=1S/C19H26N4O3.HI/c1-4-20-19(22-12-15-7-5-6-10-21-15)23-13-16(24)14-8-9-17(25-2)18(11-14)26-3;/h5-11,16,24H,4,12-13H2,1-3H3,(H2,20,22,23);1H. The highest BCUT2D eigenvalue weighted by Crippen LogP contribution is 2.29. The maximum Gasteiger partial charge on any atom is 0.191 e. The van der Waals surface area contributed by atoms with Crippen molar-refractivity contribution in [1.82, 2.24) is 15.6 Å². The monoisotopic (exact) mass is 486 g/mol. The predicted molar refractivity (Wildman–Crippen MR) is 117 cm³/mol. The Hall–Kier alpha value is -2.07. The summed E-state index contributed by atoms with van der Waals surface area (Å²) in [6.45, 7) is 3.48. The number of aliphatic hydroxyl groups is 1. The third-order valence-corrected chi connectivity index (χ3v) is 3.72. The van der Waals surface area contributed by atoms with Crippen LogP contribution in [-0.4, -0.2) is 43.4 Å². The molecule has 0 amide bonds. The van der Waals surface area contributed by atoms with Gasteiger partial charge in [-0.05, 0) is 36.8 Å². The molecule has 1 atom stereocenters. The lowest BCUT2D eigenvalue weighted by molar-refractivity contribution is 0.180. The second-order valence-corrected chi connectivity index (χ2v) is 5.53. The second kappa shape index (κ2) is 12.3. The number of hydrogen-bond donors (Lipinski definition) is 3. The van der Waals surface area contributed by atoms with Gasteiger partial charge in [0.1, 0.15) is 0 Å². The molecule has 1 heterocycles. The second-order valence-electron chi connectivity index (χ2n) is 5.53. The summed E-state index contributed by atoms with van der Waals surface area (Å²) in [6, 6.07) is 11.1. The average Bonchev–Trinajstić information content (AvgIpc) is 2.70. The minimum absolute atomic E-state index is 0. The molecule has 2 rings (SSSR count). The fourth-order valence-electron chi connectivity index (χ4n) is 2.36. The number of pyridine rings is 1. The third kappa shape index (κ3) is 7.22. The van der Waals surface area contributed by atoms with E-state index in [1.807, 2.05) is 31.2 Å². The lowest BCUT2D eigenvalue weighted by Crippen LogP contribution is -2.39. The van der Waals surface area contributed by atoms with Crippen molar-refractivity contribution >= 4 is 29.9 Å². The SMILES string of the molecule is CCNC(=NCc1ccccn1)NCC(O)c1ccc(OC)c(OC)c1.I. The summed E-state index contributed by atoms with van der Waals surface area (Å²) in [7, 11) is 3.15. The normalized spacial score (nSPS) is 11.9. The van der Waals surface area contributed by atoms with Crippen LogP contribution >= 0.6 is 24.0 Å². The first kappa shape index (κ1) is 23.0. The molecule has 0 bridgehead atoms. The minimum atomic E-state index is -0.714. The van der Waals surface area contributed by atoms with Crippen molar-refractivity contribution in [2.75, 3.05) is 27.3 Å². The molecule has 1 aromatic carbocycles. The molecule has 7 nitrogen and oxygen atoms in total.